The molecule has 0 saturated heterocycles. The normalized spacial score (nSPS) is 17.7. The molecule has 1 aliphatic carbocycles. The van der Waals surface area contributed by atoms with Crippen LogP contribution >= 0.6 is 11.8 Å². The molecule has 5 N–H and O–H groups in total. The van der Waals surface area contributed by atoms with Crippen molar-refractivity contribution in [3.8, 4) is 0 Å². The Balaban J connectivity index is 0.00000120. The van der Waals surface area contributed by atoms with E-state index in [4.69, 9.17) is 11.5 Å². The van der Waals surface area contributed by atoms with Crippen molar-refractivity contribution in [3.05, 3.63) is 53.6 Å². The van der Waals surface area contributed by atoms with Gasteiger partial charge in [0.05, 0.1) is 11.4 Å². The lowest BCUT2D eigenvalue weighted by Crippen LogP contribution is -2.31. The number of carbonyl (C=O) groups is 1. The van der Waals surface area contributed by atoms with E-state index in [-0.39, 0.29) is 5.91 Å². The molecule has 2 aromatic rings. The van der Waals surface area contributed by atoms with Crippen LogP contribution in [0.3, 0.4) is 0 Å². The molecule has 0 bridgehead atoms. The fraction of sp³-hybridized carbons (Fsp3) is 0.581. The van der Waals surface area contributed by atoms with Gasteiger partial charge in [0.25, 0.3) is 5.91 Å². The molecular formula is C31H51N3OS. The van der Waals surface area contributed by atoms with E-state index in [1.54, 1.807) is 30.0 Å². The van der Waals surface area contributed by atoms with Gasteiger partial charge in [-0.3, -0.25) is 4.79 Å². The molecule has 4 nitrogen and oxygen atoms in total. The largest absolute Gasteiger partial charge is 0.399 e. The third kappa shape index (κ3) is 10.1. The van der Waals surface area contributed by atoms with E-state index in [1.165, 1.54) is 37.7 Å². The maximum absolute atomic E-state index is 12.6. The number of thioether (sulfide) groups is 1. The van der Waals surface area contributed by atoms with Crippen LogP contribution in [0.2, 0.25) is 0 Å². The van der Waals surface area contributed by atoms with Gasteiger partial charge in [0.15, 0.2) is 0 Å². The number of nitrogens with one attached hydrogen (secondary N) is 1. The zero-order chi connectivity index (χ0) is 27.5. The fourth-order valence-corrected chi connectivity index (χ4v) is 5.50. The van der Waals surface area contributed by atoms with Gasteiger partial charge in [-0.1, -0.05) is 60.6 Å². The highest BCUT2D eigenvalue weighted by atomic mass is 32.2. The number of amides is 1. The summed E-state index contributed by atoms with van der Waals surface area (Å²) in [5.74, 6) is 1.21. The van der Waals surface area contributed by atoms with Crippen molar-refractivity contribution in [1.82, 2.24) is 0 Å². The lowest BCUT2D eigenvalue weighted by atomic mass is 9.63. The van der Waals surface area contributed by atoms with E-state index in [2.05, 4.69) is 52.1 Å². The second-order valence-corrected chi connectivity index (χ2v) is 12.4. The summed E-state index contributed by atoms with van der Waals surface area (Å²) in [6, 6.07) is 13.2. The number of nitrogen functional groups attached to an aromatic ring is 2. The molecule has 1 amide bonds. The average molecular weight is 514 g/mol. The number of nitrogens with two attached hydrogens (primary N) is 2. The minimum atomic E-state index is -0.170. The van der Waals surface area contributed by atoms with Crippen LogP contribution in [0.4, 0.5) is 17.1 Å². The van der Waals surface area contributed by atoms with Gasteiger partial charge in [0, 0.05) is 11.3 Å². The van der Waals surface area contributed by atoms with E-state index in [9.17, 15) is 4.79 Å². The monoisotopic (exact) mass is 513 g/mol. The van der Waals surface area contributed by atoms with Gasteiger partial charge < -0.3 is 16.8 Å². The van der Waals surface area contributed by atoms with Crippen LogP contribution in [-0.2, 0) is 0 Å². The van der Waals surface area contributed by atoms with Crippen LogP contribution < -0.4 is 16.8 Å². The molecule has 0 spiro atoms. The molecule has 0 aliphatic heterocycles. The highest BCUT2D eigenvalue weighted by Gasteiger charge is 2.36. The van der Waals surface area contributed by atoms with Crippen molar-refractivity contribution < 1.29 is 4.79 Å². The number of anilines is 3. The number of carbonyl (C=O) groups excluding carboxylic acids is 1. The fourth-order valence-electron chi connectivity index (χ4n) is 5.50. The van der Waals surface area contributed by atoms with Gasteiger partial charge in [0.1, 0.15) is 0 Å². The van der Waals surface area contributed by atoms with Crippen LogP contribution in [0, 0.1) is 16.7 Å². The zero-order valence-electron chi connectivity index (χ0n) is 24.2. The molecule has 36 heavy (non-hydrogen) atoms. The minimum absolute atomic E-state index is 0.170. The summed E-state index contributed by atoms with van der Waals surface area (Å²) in [4.78, 5) is 12.6. The van der Waals surface area contributed by atoms with Crippen molar-refractivity contribution in [2.75, 3.05) is 29.3 Å². The summed E-state index contributed by atoms with van der Waals surface area (Å²) in [6.45, 7) is 15.9. The molecule has 0 unspecified atom stereocenters. The Hall–Kier alpha value is -2.14. The SMILES string of the molecule is CC.CC(C)(C)CC(C)(C)C1CCC(c2ccc(C(=O)Nc3cc(N)ccc3N)cc2)CC1.CSC. The molecule has 1 fully saturated rings. The highest BCUT2D eigenvalue weighted by molar-refractivity contribution is 7.97. The van der Waals surface area contributed by atoms with Crippen LogP contribution in [0.1, 0.15) is 102 Å². The van der Waals surface area contributed by atoms with E-state index >= 15 is 0 Å². The minimum Gasteiger partial charge on any atom is -0.399 e. The Morgan fingerprint density at radius 3 is 1.94 bits per heavy atom. The van der Waals surface area contributed by atoms with Crippen LogP contribution in [0.5, 0.6) is 0 Å². The zero-order valence-corrected chi connectivity index (χ0v) is 25.0. The average Bonchev–Trinajstić information content (AvgIpc) is 2.82. The Labute approximate surface area is 225 Å². The van der Waals surface area contributed by atoms with E-state index in [0.717, 1.165) is 5.92 Å². The van der Waals surface area contributed by atoms with Gasteiger partial charge in [-0.25, -0.2) is 0 Å². The molecule has 1 saturated carbocycles. The lowest BCUT2D eigenvalue weighted by molar-refractivity contribution is 0.0945. The molecule has 0 heterocycles. The van der Waals surface area contributed by atoms with Gasteiger partial charge >= 0.3 is 0 Å². The van der Waals surface area contributed by atoms with Crippen molar-refractivity contribution in [2.24, 2.45) is 16.7 Å². The summed E-state index contributed by atoms with van der Waals surface area (Å²) in [7, 11) is 0. The smallest absolute Gasteiger partial charge is 0.255 e. The Bertz CT molecular complexity index is 924. The quantitative estimate of drug-likeness (QED) is 0.349. The van der Waals surface area contributed by atoms with Crippen LogP contribution in [0.25, 0.3) is 0 Å². The summed E-state index contributed by atoms with van der Waals surface area (Å²) in [5.41, 5.74) is 16.1. The molecule has 0 radical (unpaired) electrons. The van der Waals surface area contributed by atoms with E-state index < -0.39 is 0 Å². The van der Waals surface area contributed by atoms with E-state index in [0.29, 0.717) is 39.4 Å². The Morgan fingerprint density at radius 1 is 0.917 bits per heavy atom. The predicted octanol–water partition coefficient (Wildman–Crippen LogP) is 8.84. The maximum atomic E-state index is 12.6. The summed E-state index contributed by atoms with van der Waals surface area (Å²) >= 11 is 1.75. The Kier molecular flexibility index (Phi) is 12.9. The molecule has 2 aromatic carbocycles. The molecule has 5 heteroatoms. The predicted molar refractivity (Wildman–Crippen MR) is 163 cm³/mol. The third-order valence-corrected chi connectivity index (χ3v) is 6.79. The summed E-state index contributed by atoms with van der Waals surface area (Å²) < 4.78 is 0. The first kappa shape index (κ1) is 31.9. The van der Waals surface area contributed by atoms with Gasteiger partial charge in [0.2, 0.25) is 0 Å². The summed E-state index contributed by atoms with van der Waals surface area (Å²) in [5, 5.41) is 2.86. The topological polar surface area (TPSA) is 81.1 Å². The first-order valence-corrected chi connectivity index (χ1v) is 15.0. The lowest BCUT2D eigenvalue weighted by Gasteiger charge is -2.42. The molecule has 0 atom stereocenters. The molecule has 0 aromatic heterocycles. The van der Waals surface area contributed by atoms with Crippen molar-refractivity contribution in [2.45, 2.75) is 86.5 Å². The van der Waals surface area contributed by atoms with E-state index in [1.807, 2.05) is 38.5 Å². The number of rotatable bonds is 5. The van der Waals surface area contributed by atoms with Crippen LogP contribution in [-0.4, -0.2) is 18.4 Å². The first-order chi connectivity index (χ1) is 16.9. The van der Waals surface area contributed by atoms with Crippen molar-refractivity contribution in [1.29, 1.82) is 0 Å². The van der Waals surface area contributed by atoms with Crippen LogP contribution in [0.15, 0.2) is 42.5 Å². The highest BCUT2D eigenvalue weighted by Crippen LogP contribution is 2.48. The Morgan fingerprint density at radius 2 is 1.44 bits per heavy atom. The van der Waals surface area contributed by atoms with Gasteiger partial charge in [-0.2, -0.15) is 11.8 Å². The molecular weight excluding hydrogens is 462 g/mol. The number of hydrogen-bond donors (Lipinski definition) is 3. The number of hydrogen-bond acceptors (Lipinski definition) is 4. The third-order valence-electron chi connectivity index (χ3n) is 6.79. The molecule has 1 aliphatic rings. The standard InChI is InChI=1S/C27H39N3O.C2H6S.C2H6/c1-26(2,3)17-27(4,5)21-12-10-19(11-13-21)18-6-8-20(9-7-18)25(31)30-24-16-22(28)14-15-23(24)29;1-3-2;1-2/h6-9,14-16,19,21H,10-13,17,28-29H2,1-5H3,(H,30,31);1-2H3;1-2H3. The maximum Gasteiger partial charge on any atom is 0.255 e. The number of benzene rings is 2. The summed E-state index contributed by atoms with van der Waals surface area (Å²) in [6.07, 6.45) is 10.4. The second-order valence-electron chi connectivity index (χ2n) is 11.6. The van der Waals surface area contributed by atoms with Gasteiger partial charge in [-0.05, 0) is 103 Å². The van der Waals surface area contributed by atoms with Crippen molar-refractivity contribution >= 4 is 34.7 Å². The second kappa shape index (κ2) is 14.6. The van der Waals surface area contributed by atoms with Crippen molar-refractivity contribution in [3.63, 3.8) is 0 Å². The first-order valence-electron chi connectivity index (χ1n) is 13.3. The van der Waals surface area contributed by atoms with Gasteiger partial charge in [-0.15, -0.1) is 0 Å². The molecule has 202 valence electrons. The molecule has 3 rings (SSSR count).